The minimum Gasteiger partial charge on any atom is -0.384 e. The number of nitrogens with one attached hydrogen (secondary N) is 1. The predicted molar refractivity (Wildman–Crippen MR) is 73.5 cm³/mol. The number of rotatable bonds is 6. The molecular weight excluding hydrogens is 226 g/mol. The maximum Gasteiger partial charge on any atom is 0.133 e. The van der Waals surface area contributed by atoms with Gasteiger partial charge in [0.2, 0.25) is 0 Å². The third-order valence-corrected chi connectivity index (χ3v) is 2.65. The molecule has 18 heavy (non-hydrogen) atoms. The molecule has 0 amide bonds. The van der Waals surface area contributed by atoms with E-state index >= 15 is 0 Å². The number of hydrogen-bond donors (Lipinski definition) is 1. The first-order chi connectivity index (χ1) is 8.43. The molecule has 0 saturated heterocycles. The Bertz CT molecular complexity index is 343. The molecule has 1 heterocycles. The Balaban J connectivity index is 2.40. The Morgan fingerprint density at radius 3 is 2.39 bits per heavy atom. The molecule has 4 nitrogen and oxygen atoms in total. The number of methoxy groups -OCH3 is 1. The molecule has 4 heteroatoms. The van der Waals surface area contributed by atoms with Gasteiger partial charge in [-0.1, -0.05) is 27.7 Å². The molecule has 0 aliphatic heterocycles. The quantitative estimate of drug-likeness (QED) is 0.841. The summed E-state index contributed by atoms with van der Waals surface area (Å²) in [7, 11) is 1.73. The van der Waals surface area contributed by atoms with Crippen LogP contribution in [0, 0.1) is 5.92 Å². The van der Waals surface area contributed by atoms with Crippen molar-refractivity contribution in [3.8, 4) is 0 Å². The molecule has 0 bridgehead atoms. The lowest BCUT2D eigenvalue weighted by Crippen LogP contribution is -2.24. The van der Waals surface area contributed by atoms with Crippen molar-refractivity contribution in [1.82, 2.24) is 15.3 Å². The fourth-order valence-electron chi connectivity index (χ4n) is 1.64. The molecule has 1 aromatic heterocycles. The van der Waals surface area contributed by atoms with Crippen molar-refractivity contribution < 1.29 is 4.74 Å². The van der Waals surface area contributed by atoms with Gasteiger partial charge in [-0.05, 0) is 5.92 Å². The molecule has 0 radical (unpaired) electrons. The molecule has 0 aliphatic rings. The number of aromatic nitrogens is 2. The van der Waals surface area contributed by atoms with E-state index in [-0.39, 0.29) is 5.41 Å². The highest BCUT2D eigenvalue weighted by Gasteiger charge is 2.16. The summed E-state index contributed by atoms with van der Waals surface area (Å²) in [6.07, 6.45) is 3.81. The van der Waals surface area contributed by atoms with E-state index in [9.17, 15) is 0 Å². The normalized spacial score (nSPS) is 13.6. The van der Waals surface area contributed by atoms with Crippen LogP contribution < -0.4 is 5.32 Å². The predicted octanol–water partition coefficient (Wildman–Crippen LogP) is 2.15. The van der Waals surface area contributed by atoms with Gasteiger partial charge in [0, 0.05) is 50.2 Å². The molecular formula is C14H25N3O. The van der Waals surface area contributed by atoms with E-state index in [1.54, 1.807) is 7.11 Å². The largest absolute Gasteiger partial charge is 0.384 e. The molecule has 0 aliphatic carbocycles. The van der Waals surface area contributed by atoms with Gasteiger partial charge in [-0.15, -0.1) is 0 Å². The maximum atomic E-state index is 5.09. The monoisotopic (exact) mass is 251 g/mol. The standard InChI is InChI=1S/C14H25N3O/c1-11(10-18-5)6-15-7-12-8-16-13(17-9-12)14(2,3)4/h8-9,11,15H,6-7,10H2,1-5H3. The summed E-state index contributed by atoms with van der Waals surface area (Å²) >= 11 is 0. The minimum absolute atomic E-state index is 0.0128. The minimum atomic E-state index is 0.0128. The van der Waals surface area contributed by atoms with Gasteiger partial charge in [0.05, 0.1) is 0 Å². The summed E-state index contributed by atoms with van der Waals surface area (Å²) in [6, 6.07) is 0. The molecule has 1 unspecified atom stereocenters. The van der Waals surface area contributed by atoms with E-state index in [1.165, 1.54) is 0 Å². The summed E-state index contributed by atoms with van der Waals surface area (Å²) < 4.78 is 5.09. The lowest BCUT2D eigenvalue weighted by molar-refractivity contribution is 0.158. The van der Waals surface area contributed by atoms with E-state index < -0.39 is 0 Å². The van der Waals surface area contributed by atoms with Crippen molar-refractivity contribution in [3.63, 3.8) is 0 Å². The van der Waals surface area contributed by atoms with Gasteiger partial charge in [-0.2, -0.15) is 0 Å². The Morgan fingerprint density at radius 1 is 1.28 bits per heavy atom. The van der Waals surface area contributed by atoms with E-state index in [2.05, 4.69) is 43.0 Å². The van der Waals surface area contributed by atoms with Crippen molar-refractivity contribution in [2.24, 2.45) is 5.92 Å². The molecule has 0 spiro atoms. The van der Waals surface area contributed by atoms with Gasteiger partial charge in [0.1, 0.15) is 5.82 Å². The van der Waals surface area contributed by atoms with Gasteiger partial charge in [-0.3, -0.25) is 0 Å². The number of hydrogen-bond acceptors (Lipinski definition) is 4. The van der Waals surface area contributed by atoms with Gasteiger partial charge >= 0.3 is 0 Å². The topological polar surface area (TPSA) is 47.0 Å². The van der Waals surface area contributed by atoms with Crippen LogP contribution in [0.5, 0.6) is 0 Å². The zero-order valence-corrected chi connectivity index (χ0v) is 12.2. The average molecular weight is 251 g/mol. The first kappa shape index (κ1) is 15.1. The highest BCUT2D eigenvalue weighted by molar-refractivity contribution is 5.09. The number of nitrogens with zero attached hydrogens (tertiary/aromatic N) is 2. The first-order valence-corrected chi connectivity index (χ1v) is 6.44. The zero-order valence-electron chi connectivity index (χ0n) is 12.2. The van der Waals surface area contributed by atoms with Crippen LogP contribution in [-0.2, 0) is 16.7 Å². The van der Waals surface area contributed by atoms with E-state index in [0.29, 0.717) is 5.92 Å². The summed E-state index contributed by atoms with van der Waals surface area (Å²) in [4.78, 5) is 8.82. The molecule has 0 saturated carbocycles. The number of ether oxygens (including phenoxy) is 1. The van der Waals surface area contributed by atoms with Crippen molar-refractivity contribution in [2.45, 2.75) is 39.7 Å². The van der Waals surface area contributed by atoms with Gasteiger partial charge < -0.3 is 10.1 Å². The lowest BCUT2D eigenvalue weighted by atomic mass is 9.96. The molecule has 1 rings (SSSR count). The van der Waals surface area contributed by atoms with Crippen LogP contribution in [0.15, 0.2) is 12.4 Å². The van der Waals surface area contributed by atoms with E-state index in [1.807, 2.05) is 12.4 Å². The third kappa shape index (κ3) is 5.10. The second-order valence-electron chi connectivity index (χ2n) is 5.86. The summed E-state index contributed by atoms with van der Waals surface area (Å²) in [5.41, 5.74) is 1.13. The van der Waals surface area contributed by atoms with Crippen molar-refractivity contribution in [2.75, 3.05) is 20.3 Å². The average Bonchev–Trinajstić information content (AvgIpc) is 2.29. The maximum absolute atomic E-state index is 5.09. The lowest BCUT2D eigenvalue weighted by Gasteiger charge is -2.16. The highest BCUT2D eigenvalue weighted by Crippen LogP contribution is 2.16. The first-order valence-electron chi connectivity index (χ1n) is 6.44. The highest BCUT2D eigenvalue weighted by atomic mass is 16.5. The van der Waals surface area contributed by atoms with E-state index in [0.717, 1.165) is 31.1 Å². The van der Waals surface area contributed by atoms with Gasteiger partial charge in [-0.25, -0.2) is 9.97 Å². The van der Waals surface area contributed by atoms with Crippen LogP contribution in [0.2, 0.25) is 0 Å². The van der Waals surface area contributed by atoms with Crippen molar-refractivity contribution >= 4 is 0 Å². The Labute approximate surface area is 110 Å². The molecule has 0 aromatic carbocycles. The van der Waals surface area contributed by atoms with Gasteiger partial charge in [0.25, 0.3) is 0 Å². The summed E-state index contributed by atoms with van der Waals surface area (Å²) in [5.74, 6) is 1.41. The van der Waals surface area contributed by atoms with Crippen LogP contribution in [0.25, 0.3) is 0 Å². The fraction of sp³-hybridized carbons (Fsp3) is 0.714. The summed E-state index contributed by atoms with van der Waals surface area (Å²) in [6.45, 7) is 11.0. The molecule has 1 atom stereocenters. The smallest absolute Gasteiger partial charge is 0.133 e. The Kier molecular flexibility index (Phi) is 5.69. The van der Waals surface area contributed by atoms with Crippen molar-refractivity contribution in [3.05, 3.63) is 23.8 Å². The van der Waals surface area contributed by atoms with Crippen LogP contribution in [0.4, 0.5) is 0 Å². The Hall–Kier alpha value is -1.00. The van der Waals surface area contributed by atoms with Crippen LogP contribution in [0.3, 0.4) is 0 Å². The van der Waals surface area contributed by atoms with Crippen LogP contribution >= 0.6 is 0 Å². The fourth-order valence-corrected chi connectivity index (χ4v) is 1.64. The molecule has 1 aromatic rings. The Morgan fingerprint density at radius 2 is 1.89 bits per heavy atom. The van der Waals surface area contributed by atoms with Crippen LogP contribution in [-0.4, -0.2) is 30.2 Å². The molecule has 1 N–H and O–H groups in total. The summed E-state index contributed by atoms with van der Waals surface area (Å²) in [5, 5.41) is 3.38. The van der Waals surface area contributed by atoms with E-state index in [4.69, 9.17) is 4.74 Å². The third-order valence-electron chi connectivity index (χ3n) is 2.65. The molecule has 102 valence electrons. The van der Waals surface area contributed by atoms with Gasteiger partial charge in [0.15, 0.2) is 0 Å². The SMILES string of the molecule is COCC(C)CNCc1cnc(C(C)(C)C)nc1. The zero-order chi connectivity index (χ0) is 13.6. The van der Waals surface area contributed by atoms with Crippen molar-refractivity contribution in [1.29, 1.82) is 0 Å². The molecule has 0 fully saturated rings. The van der Waals surface area contributed by atoms with Crippen LogP contribution in [0.1, 0.15) is 39.1 Å². The second kappa shape index (κ2) is 6.81. The second-order valence-corrected chi connectivity index (χ2v) is 5.86.